The van der Waals surface area contributed by atoms with Gasteiger partial charge >= 0.3 is 12.4 Å². The lowest BCUT2D eigenvalue weighted by molar-refractivity contribution is -0.153. The zero-order chi connectivity index (χ0) is 24.3. The molecular formula is C20H20F6N6O2. The molecule has 34 heavy (non-hydrogen) atoms. The first-order valence-corrected chi connectivity index (χ1v) is 10.6. The molecule has 0 amide bonds. The minimum Gasteiger partial charge on any atom is -0.480 e. The van der Waals surface area contributed by atoms with Crippen LogP contribution in [0.2, 0.25) is 0 Å². The van der Waals surface area contributed by atoms with Crippen LogP contribution in [0.4, 0.5) is 38.2 Å². The van der Waals surface area contributed by atoms with Gasteiger partial charge < -0.3 is 19.5 Å². The quantitative estimate of drug-likeness (QED) is 0.534. The molecule has 2 unspecified atom stereocenters. The van der Waals surface area contributed by atoms with Crippen LogP contribution in [0.15, 0.2) is 22.7 Å². The molecule has 1 aliphatic carbocycles. The van der Waals surface area contributed by atoms with Gasteiger partial charge in [-0.2, -0.15) is 31.3 Å². The third-order valence-electron chi connectivity index (χ3n) is 6.19. The summed E-state index contributed by atoms with van der Waals surface area (Å²) < 4.78 is 88.8. The Hall–Kier alpha value is -3.19. The summed E-state index contributed by atoms with van der Waals surface area (Å²) in [5.74, 6) is 0.432. The van der Waals surface area contributed by atoms with Crippen molar-refractivity contribution in [1.29, 1.82) is 0 Å². The topological polar surface area (TPSA) is 80.7 Å². The Kier molecular flexibility index (Phi) is 5.28. The summed E-state index contributed by atoms with van der Waals surface area (Å²) in [4.78, 5) is 6.15. The maximum atomic E-state index is 13.5. The average molecular weight is 490 g/mol. The van der Waals surface area contributed by atoms with Gasteiger partial charge in [-0.15, -0.1) is 5.10 Å². The maximum Gasteiger partial charge on any atom is 0.433 e. The van der Waals surface area contributed by atoms with E-state index in [1.807, 2.05) is 13.0 Å². The molecule has 2 fully saturated rings. The first kappa shape index (κ1) is 22.6. The molecule has 184 valence electrons. The molecule has 3 aromatic rings. The van der Waals surface area contributed by atoms with Gasteiger partial charge in [-0.3, -0.25) is 0 Å². The summed E-state index contributed by atoms with van der Waals surface area (Å²) in [6.07, 6.45) is -7.65. The molecule has 1 saturated heterocycles. The lowest BCUT2D eigenvalue weighted by Gasteiger charge is -2.37. The van der Waals surface area contributed by atoms with E-state index >= 15 is 0 Å². The van der Waals surface area contributed by atoms with Crippen LogP contribution in [0.5, 0.6) is 5.75 Å². The zero-order valence-electron chi connectivity index (χ0n) is 17.8. The fourth-order valence-corrected chi connectivity index (χ4v) is 4.77. The minimum atomic E-state index is -4.79. The van der Waals surface area contributed by atoms with E-state index in [2.05, 4.69) is 25.5 Å². The number of fused-ring (bicyclic) bond motifs is 3. The van der Waals surface area contributed by atoms with E-state index < -0.39 is 36.1 Å². The first-order chi connectivity index (χ1) is 16.0. The van der Waals surface area contributed by atoms with Gasteiger partial charge in [0.15, 0.2) is 18.0 Å². The summed E-state index contributed by atoms with van der Waals surface area (Å²) in [5.41, 5.74) is -0.843. The monoisotopic (exact) mass is 490 g/mol. The predicted molar refractivity (Wildman–Crippen MR) is 107 cm³/mol. The number of pyridine rings is 1. The second-order valence-electron chi connectivity index (χ2n) is 8.63. The molecule has 3 aromatic heterocycles. The summed E-state index contributed by atoms with van der Waals surface area (Å²) in [6, 6.07) is 3.19. The Morgan fingerprint density at radius 1 is 1.12 bits per heavy atom. The smallest absolute Gasteiger partial charge is 0.433 e. The molecule has 0 radical (unpaired) electrons. The summed E-state index contributed by atoms with van der Waals surface area (Å²) in [6.45, 7) is 1.48. The Morgan fingerprint density at radius 2 is 1.82 bits per heavy atom. The molecule has 2 bridgehead atoms. The third kappa shape index (κ3) is 4.32. The third-order valence-corrected chi connectivity index (χ3v) is 6.19. The van der Waals surface area contributed by atoms with Gasteiger partial charge in [0, 0.05) is 25.2 Å². The van der Waals surface area contributed by atoms with E-state index in [1.54, 1.807) is 0 Å². The van der Waals surface area contributed by atoms with E-state index in [1.165, 1.54) is 0 Å². The number of hydrogen-bond acceptors (Lipinski definition) is 7. The van der Waals surface area contributed by atoms with Gasteiger partial charge in [-0.1, -0.05) is 5.16 Å². The number of piperidine rings is 1. The number of anilines is 2. The van der Waals surface area contributed by atoms with Crippen molar-refractivity contribution in [3.63, 3.8) is 0 Å². The van der Waals surface area contributed by atoms with Gasteiger partial charge in [-0.25, -0.2) is 4.52 Å². The molecule has 0 aromatic carbocycles. The van der Waals surface area contributed by atoms with Crippen LogP contribution in [0.1, 0.15) is 24.2 Å². The van der Waals surface area contributed by atoms with E-state index in [9.17, 15) is 26.3 Å². The van der Waals surface area contributed by atoms with Gasteiger partial charge in [0.05, 0.1) is 5.69 Å². The SMILES string of the molecule is Cc1cc(N2CC3CCC(C2)C3Nc2nc3c(OCC(F)(F)F)ccc(C(F)(F)F)n3n2)on1. The summed E-state index contributed by atoms with van der Waals surface area (Å²) in [5, 5.41) is 11.0. The molecule has 4 heterocycles. The number of aromatic nitrogens is 4. The number of aryl methyl sites for hydroxylation is 1. The molecule has 0 spiro atoms. The highest BCUT2D eigenvalue weighted by molar-refractivity contribution is 5.57. The van der Waals surface area contributed by atoms with Crippen LogP contribution in [0, 0.1) is 18.8 Å². The molecule has 5 rings (SSSR count). The molecular weight excluding hydrogens is 470 g/mol. The van der Waals surface area contributed by atoms with Crippen LogP contribution in [0.25, 0.3) is 5.65 Å². The highest BCUT2D eigenvalue weighted by Gasteiger charge is 2.44. The Balaban J connectivity index is 1.41. The van der Waals surface area contributed by atoms with Gasteiger partial charge in [0.2, 0.25) is 11.8 Å². The van der Waals surface area contributed by atoms with E-state index in [0.29, 0.717) is 29.6 Å². The predicted octanol–water partition coefficient (Wildman–Crippen LogP) is 4.31. The second-order valence-corrected chi connectivity index (χ2v) is 8.63. The number of alkyl halides is 6. The van der Waals surface area contributed by atoms with E-state index in [0.717, 1.165) is 24.6 Å². The number of ether oxygens (including phenoxy) is 1. The van der Waals surface area contributed by atoms with Crippen LogP contribution in [-0.2, 0) is 6.18 Å². The van der Waals surface area contributed by atoms with Crippen molar-refractivity contribution in [3.8, 4) is 5.75 Å². The van der Waals surface area contributed by atoms with Crippen molar-refractivity contribution in [1.82, 2.24) is 19.8 Å². The van der Waals surface area contributed by atoms with Crippen LogP contribution in [0.3, 0.4) is 0 Å². The molecule has 14 heteroatoms. The normalized spacial score (nSPS) is 23.0. The minimum absolute atomic E-state index is 0.0978. The van der Waals surface area contributed by atoms with Crippen molar-refractivity contribution in [3.05, 3.63) is 29.6 Å². The standard InChI is InChI=1S/C20H20F6N6O2/c1-10-6-15(34-30-10)31-7-11-2-3-12(8-31)16(11)27-18-28-17-13(33-9-19(21,22)23)4-5-14(20(24,25)26)32(17)29-18/h4-6,11-12,16H,2-3,7-9H2,1H3,(H,27,29). The Morgan fingerprint density at radius 3 is 2.41 bits per heavy atom. The fourth-order valence-electron chi connectivity index (χ4n) is 4.77. The maximum absolute atomic E-state index is 13.5. The Bertz CT molecular complexity index is 1170. The van der Waals surface area contributed by atoms with Crippen LogP contribution < -0.4 is 15.0 Å². The van der Waals surface area contributed by atoms with Gasteiger partial charge in [0.25, 0.3) is 0 Å². The van der Waals surface area contributed by atoms with Crippen molar-refractivity contribution in [2.75, 3.05) is 29.9 Å². The largest absolute Gasteiger partial charge is 0.480 e. The summed E-state index contributed by atoms with van der Waals surface area (Å²) in [7, 11) is 0. The zero-order valence-corrected chi connectivity index (χ0v) is 17.8. The number of hydrogen-bond donors (Lipinski definition) is 1. The number of halogens is 6. The summed E-state index contributed by atoms with van der Waals surface area (Å²) >= 11 is 0. The number of nitrogens with one attached hydrogen (secondary N) is 1. The van der Waals surface area contributed by atoms with Crippen LogP contribution in [-0.4, -0.2) is 51.7 Å². The highest BCUT2D eigenvalue weighted by atomic mass is 19.4. The van der Waals surface area contributed by atoms with Crippen LogP contribution >= 0.6 is 0 Å². The second kappa shape index (κ2) is 7.94. The fraction of sp³-hybridized carbons (Fsp3) is 0.550. The highest BCUT2D eigenvalue weighted by Crippen LogP contribution is 2.40. The lowest BCUT2D eigenvalue weighted by atomic mass is 9.92. The van der Waals surface area contributed by atoms with Crippen molar-refractivity contribution in [2.24, 2.45) is 11.8 Å². The Labute approximate surface area is 188 Å². The van der Waals surface area contributed by atoms with Gasteiger partial charge in [0.1, 0.15) is 5.69 Å². The van der Waals surface area contributed by atoms with Crippen molar-refractivity contribution < 1.29 is 35.6 Å². The van der Waals surface area contributed by atoms with Gasteiger partial charge in [-0.05, 0) is 43.7 Å². The lowest BCUT2D eigenvalue weighted by Crippen LogP contribution is -2.48. The molecule has 2 atom stereocenters. The molecule has 1 N–H and O–H groups in total. The molecule has 1 saturated carbocycles. The van der Waals surface area contributed by atoms with E-state index in [-0.39, 0.29) is 23.8 Å². The molecule has 1 aliphatic heterocycles. The molecule has 2 aliphatic rings. The van der Waals surface area contributed by atoms with Crippen molar-refractivity contribution >= 4 is 17.5 Å². The number of nitrogens with zero attached hydrogens (tertiary/aromatic N) is 5. The van der Waals surface area contributed by atoms with Crippen molar-refractivity contribution in [2.45, 2.75) is 38.2 Å². The van der Waals surface area contributed by atoms with E-state index in [4.69, 9.17) is 9.26 Å². The number of rotatable bonds is 5. The average Bonchev–Trinajstić information content (AvgIpc) is 3.41. The molecule has 8 nitrogen and oxygen atoms in total. The first-order valence-electron chi connectivity index (χ1n) is 10.6.